The van der Waals surface area contributed by atoms with Crippen molar-refractivity contribution in [1.82, 2.24) is 0 Å². The Labute approximate surface area is 396 Å². The number of hydrogen-bond donors (Lipinski definition) is 0. The molecule has 374 valence electrons. The van der Waals surface area contributed by atoms with Gasteiger partial charge in [-0.15, -0.1) is 0 Å². The predicted octanol–water partition coefficient (Wildman–Crippen LogP) is 21.7. The van der Waals surface area contributed by atoms with Crippen LogP contribution >= 0.6 is 7.14 Å². The van der Waals surface area contributed by atoms with Gasteiger partial charge in [0.05, 0.1) is 7.14 Å². The van der Waals surface area contributed by atoms with E-state index in [1.165, 1.54) is 193 Å². The van der Waals surface area contributed by atoms with Crippen LogP contribution in [0.25, 0.3) is 0 Å². The van der Waals surface area contributed by atoms with Crippen molar-refractivity contribution in [2.75, 3.05) is 18.5 Å². The molecule has 0 aromatic heterocycles. The van der Waals surface area contributed by atoms with E-state index in [1.54, 1.807) is 0 Å². The largest absolute Gasteiger partial charge is 0.324 e. The fraction of sp³-hybridized carbons (Fsp3) is 1.00. The van der Waals surface area contributed by atoms with Crippen LogP contribution in [0.5, 0.6) is 0 Å². The molecule has 0 aliphatic carbocycles. The standard InChI is InChI=1S/C60H123OP/c1-49(2)25-16-28-52(7)31-19-34-55(10)37-22-40-58(13)43-46-62(61,47-44-59(14)41-23-38-56(11)35-20-32-53(8)29-17-26-50(3)4)48-45-60(15)42-24-39-57(12)36-21-33-54(9)30-18-27-51(5)6/h49-60H,16-48H2,1-15H3. The summed E-state index contributed by atoms with van der Waals surface area (Å²) in [6.07, 6.45) is 44.1. The van der Waals surface area contributed by atoms with Crippen LogP contribution in [-0.2, 0) is 4.57 Å². The second-order valence-corrected chi connectivity index (χ2v) is 28.6. The SMILES string of the molecule is CC(C)CCCC(C)CCCC(C)CCCC(C)CCP(=O)(CCC(C)CCCC(C)CCCC(C)CCCC(C)C)CCC(C)CCCC(C)CCCC(C)CCCC(C)C. The molecule has 0 heterocycles. The fourth-order valence-corrected chi connectivity index (χ4v) is 13.9. The van der Waals surface area contributed by atoms with E-state index in [0.717, 1.165) is 71.7 Å². The zero-order valence-electron chi connectivity index (χ0n) is 46.1. The summed E-state index contributed by atoms with van der Waals surface area (Å²) < 4.78 is 14.9. The lowest BCUT2D eigenvalue weighted by Gasteiger charge is -2.24. The van der Waals surface area contributed by atoms with Crippen molar-refractivity contribution in [3.8, 4) is 0 Å². The highest BCUT2D eigenvalue weighted by Gasteiger charge is 2.25. The Balaban J connectivity index is 4.87. The molecule has 0 spiro atoms. The predicted molar refractivity (Wildman–Crippen MR) is 288 cm³/mol. The lowest BCUT2D eigenvalue weighted by Crippen LogP contribution is -2.10. The summed E-state index contributed by atoms with van der Waals surface area (Å²) in [5, 5.41) is 0. The van der Waals surface area contributed by atoms with E-state index < -0.39 is 7.14 Å². The molecule has 1 nitrogen and oxygen atoms in total. The summed E-state index contributed by atoms with van der Waals surface area (Å²) in [6, 6.07) is 0. The molecular formula is C60H123OP. The summed E-state index contributed by atoms with van der Waals surface area (Å²) in [5.41, 5.74) is 0. The molecule has 0 rings (SSSR count). The Morgan fingerprint density at radius 1 is 0.210 bits per heavy atom. The van der Waals surface area contributed by atoms with Crippen molar-refractivity contribution in [2.45, 2.75) is 296 Å². The Morgan fingerprint density at radius 2 is 0.339 bits per heavy atom. The first-order valence-electron chi connectivity index (χ1n) is 28.9. The van der Waals surface area contributed by atoms with Crippen molar-refractivity contribution in [2.24, 2.45) is 71.0 Å². The molecule has 0 aliphatic rings. The van der Waals surface area contributed by atoms with E-state index in [4.69, 9.17) is 0 Å². The second-order valence-electron chi connectivity index (χ2n) is 25.1. The van der Waals surface area contributed by atoms with Gasteiger partial charge in [-0.05, 0) is 90.3 Å². The number of rotatable bonds is 45. The fourth-order valence-electron chi connectivity index (χ4n) is 10.5. The van der Waals surface area contributed by atoms with Gasteiger partial charge in [0.15, 0.2) is 0 Å². The Bertz CT molecular complexity index is 875. The van der Waals surface area contributed by atoms with E-state index in [9.17, 15) is 4.57 Å². The maximum Gasteiger partial charge on any atom is 0.0877 e. The van der Waals surface area contributed by atoms with Gasteiger partial charge < -0.3 is 4.57 Å². The number of hydrogen-bond acceptors (Lipinski definition) is 1. The molecule has 62 heavy (non-hydrogen) atoms. The maximum absolute atomic E-state index is 14.9. The molecule has 9 atom stereocenters. The van der Waals surface area contributed by atoms with Crippen LogP contribution in [-0.4, -0.2) is 18.5 Å². The van der Waals surface area contributed by atoms with Gasteiger partial charge in [-0.3, -0.25) is 0 Å². The minimum Gasteiger partial charge on any atom is -0.324 e. The first-order chi connectivity index (χ1) is 29.3. The van der Waals surface area contributed by atoms with E-state index in [1.807, 2.05) is 0 Å². The van der Waals surface area contributed by atoms with Crippen LogP contribution in [0.2, 0.25) is 0 Å². The summed E-state index contributed by atoms with van der Waals surface area (Å²) in [6.45, 7) is 36.5. The highest BCUT2D eigenvalue weighted by molar-refractivity contribution is 7.63. The minimum atomic E-state index is -2.15. The first-order valence-corrected chi connectivity index (χ1v) is 31.1. The average Bonchev–Trinajstić information content (AvgIpc) is 3.18. The van der Waals surface area contributed by atoms with E-state index >= 15 is 0 Å². The first kappa shape index (κ1) is 62.2. The zero-order chi connectivity index (χ0) is 46.8. The summed E-state index contributed by atoms with van der Waals surface area (Å²) >= 11 is 0. The van der Waals surface area contributed by atoms with Crippen LogP contribution in [0.1, 0.15) is 296 Å². The van der Waals surface area contributed by atoms with Gasteiger partial charge in [0.25, 0.3) is 0 Å². The van der Waals surface area contributed by atoms with Crippen LogP contribution in [0.15, 0.2) is 0 Å². The van der Waals surface area contributed by atoms with Gasteiger partial charge in [0.2, 0.25) is 0 Å². The third-order valence-corrected chi connectivity index (χ3v) is 19.1. The quantitative estimate of drug-likeness (QED) is 0.0557. The van der Waals surface area contributed by atoms with Crippen molar-refractivity contribution in [1.29, 1.82) is 0 Å². The molecule has 0 aliphatic heterocycles. The second kappa shape index (κ2) is 39.2. The normalized spacial score (nSPS) is 17.8. The van der Waals surface area contributed by atoms with Gasteiger partial charge in [-0.25, -0.2) is 0 Å². The van der Waals surface area contributed by atoms with Crippen molar-refractivity contribution in [3.63, 3.8) is 0 Å². The van der Waals surface area contributed by atoms with E-state index in [2.05, 4.69) is 104 Å². The molecule has 9 unspecified atom stereocenters. The van der Waals surface area contributed by atoms with Crippen molar-refractivity contribution >= 4 is 7.14 Å². The highest BCUT2D eigenvalue weighted by atomic mass is 31.2. The summed E-state index contributed by atoms with van der Waals surface area (Å²) in [5.74, 6) is 9.92. The van der Waals surface area contributed by atoms with Crippen LogP contribution in [0, 0.1) is 71.0 Å². The monoisotopic (exact) mass is 891 g/mol. The topological polar surface area (TPSA) is 17.1 Å². The molecule has 0 radical (unpaired) electrons. The maximum atomic E-state index is 14.9. The van der Waals surface area contributed by atoms with Gasteiger partial charge in [-0.1, -0.05) is 277 Å². The molecular weight excluding hydrogens is 768 g/mol. The zero-order valence-corrected chi connectivity index (χ0v) is 47.0. The highest BCUT2D eigenvalue weighted by Crippen LogP contribution is 2.50. The van der Waals surface area contributed by atoms with Crippen molar-refractivity contribution in [3.05, 3.63) is 0 Å². The lowest BCUT2D eigenvalue weighted by molar-refractivity contribution is 0.375. The lowest BCUT2D eigenvalue weighted by atomic mass is 9.91. The molecule has 0 N–H and O–H groups in total. The Morgan fingerprint density at radius 3 is 0.484 bits per heavy atom. The van der Waals surface area contributed by atoms with Crippen LogP contribution in [0.4, 0.5) is 0 Å². The smallest absolute Gasteiger partial charge is 0.0877 e. The minimum absolute atomic E-state index is 0.709. The van der Waals surface area contributed by atoms with Crippen LogP contribution in [0.3, 0.4) is 0 Å². The van der Waals surface area contributed by atoms with Gasteiger partial charge in [0.1, 0.15) is 0 Å². The Kier molecular flexibility index (Phi) is 39.4. The molecule has 2 heteroatoms. The summed E-state index contributed by atoms with van der Waals surface area (Å²) in [4.78, 5) is 0. The molecule has 0 saturated carbocycles. The van der Waals surface area contributed by atoms with Crippen LogP contribution < -0.4 is 0 Å². The van der Waals surface area contributed by atoms with E-state index in [0.29, 0.717) is 17.8 Å². The van der Waals surface area contributed by atoms with Gasteiger partial charge >= 0.3 is 0 Å². The molecule has 0 saturated heterocycles. The third kappa shape index (κ3) is 40.5. The van der Waals surface area contributed by atoms with Gasteiger partial charge in [0, 0.05) is 18.5 Å². The van der Waals surface area contributed by atoms with Gasteiger partial charge in [-0.2, -0.15) is 0 Å². The molecule has 0 amide bonds. The molecule has 0 bridgehead atoms. The Hall–Kier alpha value is 0.230. The van der Waals surface area contributed by atoms with E-state index in [-0.39, 0.29) is 0 Å². The summed E-state index contributed by atoms with van der Waals surface area (Å²) in [7, 11) is -2.15. The van der Waals surface area contributed by atoms with Crippen molar-refractivity contribution < 1.29 is 4.57 Å². The third-order valence-electron chi connectivity index (χ3n) is 15.9. The molecule has 0 fully saturated rings. The average molecular weight is 892 g/mol. The molecule has 0 aromatic carbocycles. The molecule has 0 aromatic rings.